The Morgan fingerprint density at radius 2 is 2.06 bits per heavy atom. The van der Waals surface area contributed by atoms with Crippen molar-refractivity contribution >= 4 is 5.91 Å². The standard InChI is InChI=1S/C12H23N5O/c1-4-6-16(7-5-2)12(18)9-17-8-11(10(3)13)14-15-17/h8,10H,4-7,9,13H2,1-3H3. The molecule has 0 radical (unpaired) electrons. The Kier molecular flexibility index (Phi) is 5.77. The van der Waals surface area contributed by atoms with Crippen molar-refractivity contribution in [3.8, 4) is 0 Å². The van der Waals surface area contributed by atoms with E-state index < -0.39 is 0 Å². The van der Waals surface area contributed by atoms with Crippen molar-refractivity contribution in [2.75, 3.05) is 13.1 Å². The molecule has 18 heavy (non-hydrogen) atoms. The molecule has 0 spiro atoms. The third kappa shape index (κ3) is 4.10. The van der Waals surface area contributed by atoms with Gasteiger partial charge in [-0.25, -0.2) is 4.68 Å². The van der Waals surface area contributed by atoms with Gasteiger partial charge in [0.1, 0.15) is 6.54 Å². The summed E-state index contributed by atoms with van der Waals surface area (Å²) in [6.45, 7) is 7.80. The highest BCUT2D eigenvalue weighted by Gasteiger charge is 2.14. The molecule has 6 heteroatoms. The van der Waals surface area contributed by atoms with Crippen molar-refractivity contribution in [3.05, 3.63) is 11.9 Å². The predicted molar refractivity (Wildman–Crippen MR) is 69.8 cm³/mol. The Bertz CT molecular complexity index is 368. The van der Waals surface area contributed by atoms with Crippen LogP contribution in [0.4, 0.5) is 0 Å². The first-order chi connectivity index (χ1) is 8.58. The number of hydrogen-bond acceptors (Lipinski definition) is 4. The monoisotopic (exact) mass is 253 g/mol. The molecule has 102 valence electrons. The van der Waals surface area contributed by atoms with Gasteiger partial charge in [-0.1, -0.05) is 19.1 Å². The van der Waals surface area contributed by atoms with Crippen LogP contribution in [0.3, 0.4) is 0 Å². The van der Waals surface area contributed by atoms with Crippen molar-refractivity contribution in [1.82, 2.24) is 19.9 Å². The van der Waals surface area contributed by atoms with E-state index in [2.05, 4.69) is 24.2 Å². The molecule has 1 rings (SSSR count). The van der Waals surface area contributed by atoms with Gasteiger partial charge in [-0.15, -0.1) is 5.10 Å². The van der Waals surface area contributed by atoms with E-state index in [0.717, 1.165) is 25.9 Å². The SMILES string of the molecule is CCCN(CCC)C(=O)Cn1cc(C(C)N)nn1. The van der Waals surface area contributed by atoms with Crippen molar-refractivity contribution in [3.63, 3.8) is 0 Å². The summed E-state index contributed by atoms with van der Waals surface area (Å²) in [5, 5.41) is 7.86. The van der Waals surface area contributed by atoms with Gasteiger partial charge in [-0.2, -0.15) is 0 Å². The molecule has 0 fully saturated rings. The van der Waals surface area contributed by atoms with E-state index in [9.17, 15) is 4.79 Å². The number of nitrogens with zero attached hydrogens (tertiary/aromatic N) is 4. The summed E-state index contributed by atoms with van der Waals surface area (Å²) in [4.78, 5) is 13.9. The minimum Gasteiger partial charge on any atom is -0.341 e. The number of rotatable bonds is 7. The van der Waals surface area contributed by atoms with Gasteiger partial charge in [0.25, 0.3) is 0 Å². The van der Waals surface area contributed by atoms with Crippen LogP contribution in [0.5, 0.6) is 0 Å². The van der Waals surface area contributed by atoms with E-state index in [4.69, 9.17) is 5.73 Å². The van der Waals surface area contributed by atoms with Crippen LogP contribution in [0.25, 0.3) is 0 Å². The zero-order valence-electron chi connectivity index (χ0n) is 11.5. The quantitative estimate of drug-likeness (QED) is 0.784. The van der Waals surface area contributed by atoms with Crippen LogP contribution < -0.4 is 5.73 Å². The van der Waals surface area contributed by atoms with Gasteiger partial charge in [0, 0.05) is 19.1 Å². The van der Waals surface area contributed by atoms with Crippen molar-refractivity contribution in [2.45, 2.75) is 46.2 Å². The molecule has 1 unspecified atom stereocenters. The number of hydrogen-bond donors (Lipinski definition) is 1. The minimum absolute atomic E-state index is 0.0832. The highest BCUT2D eigenvalue weighted by atomic mass is 16.2. The Balaban J connectivity index is 2.60. The smallest absolute Gasteiger partial charge is 0.244 e. The molecule has 2 N–H and O–H groups in total. The zero-order chi connectivity index (χ0) is 13.5. The number of nitrogens with two attached hydrogens (primary N) is 1. The third-order valence-corrected chi connectivity index (χ3v) is 2.66. The Morgan fingerprint density at radius 1 is 1.44 bits per heavy atom. The summed E-state index contributed by atoms with van der Waals surface area (Å²) < 4.78 is 1.55. The summed E-state index contributed by atoms with van der Waals surface area (Å²) >= 11 is 0. The summed E-state index contributed by atoms with van der Waals surface area (Å²) in [6.07, 6.45) is 3.67. The lowest BCUT2D eigenvalue weighted by Gasteiger charge is -2.21. The molecule has 0 aliphatic heterocycles. The number of amides is 1. The Labute approximate surface area is 108 Å². The van der Waals surface area contributed by atoms with Gasteiger partial charge in [0.2, 0.25) is 5.91 Å². The van der Waals surface area contributed by atoms with Gasteiger partial charge >= 0.3 is 0 Å². The predicted octanol–water partition coefficient (Wildman–Crippen LogP) is 0.946. The largest absolute Gasteiger partial charge is 0.341 e. The summed E-state index contributed by atoms with van der Waals surface area (Å²) in [5.74, 6) is 0.0832. The van der Waals surface area contributed by atoms with Crippen LogP contribution in [0.15, 0.2) is 6.20 Å². The maximum Gasteiger partial charge on any atom is 0.244 e. The zero-order valence-corrected chi connectivity index (χ0v) is 11.5. The second-order valence-electron chi connectivity index (χ2n) is 4.51. The highest BCUT2D eigenvalue weighted by Crippen LogP contribution is 2.04. The lowest BCUT2D eigenvalue weighted by Crippen LogP contribution is -2.35. The van der Waals surface area contributed by atoms with E-state index >= 15 is 0 Å². The molecule has 0 bridgehead atoms. The van der Waals surface area contributed by atoms with Crippen molar-refractivity contribution in [1.29, 1.82) is 0 Å². The van der Waals surface area contributed by atoms with Crippen LogP contribution in [0, 0.1) is 0 Å². The fourth-order valence-electron chi connectivity index (χ4n) is 1.74. The van der Waals surface area contributed by atoms with E-state index in [1.165, 1.54) is 0 Å². The average molecular weight is 253 g/mol. The highest BCUT2D eigenvalue weighted by molar-refractivity contribution is 5.75. The van der Waals surface area contributed by atoms with Crippen LogP contribution in [0.1, 0.15) is 45.3 Å². The number of aromatic nitrogens is 3. The molecule has 0 aromatic carbocycles. The van der Waals surface area contributed by atoms with Crippen molar-refractivity contribution < 1.29 is 4.79 Å². The molecule has 0 saturated carbocycles. The Hall–Kier alpha value is -1.43. The molecular weight excluding hydrogens is 230 g/mol. The van der Waals surface area contributed by atoms with Gasteiger partial charge in [0.05, 0.1) is 11.9 Å². The molecule has 0 saturated heterocycles. The fraction of sp³-hybridized carbons (Fsp3) is 0.750. The fourth-order valence-corrected chi connectivity index (χ4v) is 1.74. The minimum atomic E-state index is -0.156. The van der Waals surface area contributed by atoms with Gasteiger partial charge in [-0.3, -0.25) is 4.79 Å². The number of carbonyl (C=O) groups is 1. The van der Waals surface area contributed by atoms with Gasteiger partial charge < -0.3 is 10.6 Å². The number of carbonyl (C=O) groups excluding carboxylic acids is 1. The van der Waals surface area contributed by atoms with Crippen molar-refractivity contribution in [2.24, 2.45) is 5.73 Å². The topological polar surface area (TPSA) is 77.0 Å². The lowest BCUT2D eigenvalue weighted by atomic mass is 10.3. The van der Waals surface area contributed by atoms with Crippen LogP contribution >= 0.6 is 0 Å². The first-order valence-electron chi connectivity index (χ1n) is 6.51. The molecule has 0 aliphatic rings. The molecule has 1 heterocycles. The van der Waals surface area contributed by atoms with Crippen LogP contribution in [-0.4, -0.2) is 38.9 Å². The third-order valence-electron chi connectivity index (χ3n) is 2.66. The summed E-state index contributed by atoms with van der Waals surface area (Å²) in [5.41, 5.74) is 6.41. The van der Waals surface area contributed by atoms with E-state index in [1.807, 2.05) is 11.8 Å². The molecule has 1 amide bonds. The first kappa shape index (κ1) is 14.6. The summed E-state index contributed by atoms with van der Waals surface area (Å²) in [7, 11) is 0. The van der Waals surface area contributed by atoms with E-state index in [0.29, 0.717) is 5.69 Å². The second kappa shape index (κ2) is 7.10. The van der Waals surface area contributed by atoms with E-state index in [1.54, 1.807) is 10.9 Å². The second-order valence-corrected chi connectivity index (χ2v) is 4.51. The molecule has 1 aromatic heterocycles. The maximum atomic E-state index is 12.1. The maximum absolute atomic E-state index is 12.1. The molecule has 6 nitrogen and oxygen atoms in total. The van der Waals surface area contributed by atoms with Crippen LogP contribution in [-0.2, 0) is 11.3 Å². The Morgan fingerprint density at radius 3 is 2.50 bits per heavy atom. The summed E-state index contributed by atoms with van der Waals surface area (Å²) in [6, 6.07) is -0.156. The van der Waals surface area contributed by atoms with Gasteiger partial charge in [0.15, 0.2) is 0 Å². The van der Waals surface area contributed by atoms with Crippen LogP contribution in [0.2, 0.25) is 0 Å². The normalized spacial score (nSPS) is 12.4. The average Bonchev–Trinajstić information content (AvgIpc) is 2.77. The first-order valence-corrected chi connectivity index (χ1v) is 6.51. The van der Waals surface area contributed by atoms with E-state index in [-0.39, 0.29) is 18.5 Å². The molecular formula is C12H23N5O. The molecule has 1 aromatic rings. The lowest BCUT2D eigenvalue weighted by molar-refractivity contribution is -0.132. The molecule has 0 aliphatic carbocycles. The molecule has 1 atom stereocenters. The van der Waals surface area contributed by atoms with Gasteiger partial charge in [-0.05, 0) is 19.8 Å².